The number of amides is 1. The van der Waals surface area contributed by atoms with E-state index in [0.717, 1.165) is 18.7 Å². The topological polar surface area (TPSA) is 77.2 Å². The maximum atomic E-state index is 11.4. The summed E-state index contributed by atoms with van der Waals surface area (Å²) in [5.41, 5.74) is 7.17. The Hall–Kier alpha value is -1.62. The van der Waals surface area contributed by atoms with E-state index in [1.807, 2.05) is 6.92 Å². The normalized spacial score (nSPS) is 10.8. The van der Waals surface area contributed by atoms with Crippen molar-refractivity contribution in [2.75, 3.05) is 13.2 Å². The number of pyridine rings is 1. The summed E-state index contributed by atoms with van der Waals surface area (Å²) in [5.74, 6) is 0.0300. The lowest BCUT2D eigenvalue weighted by Crippen LogP contribution is -2.25. The Morgan fingerprint density at radius 1 is 1.47 bits per heavy atom. The molecule has 106 valence electrons. The third-order valence-electron chi connectivity index (χ3n) is 2.67. The second-order valence-electron chi connectivity index (χ2n) is 4.90. The van der Waals surface area contributed by atoms with Crippen molar-refractivity contribution >= 4 is 5.91 Å². The average Bonchev–Trinajstić information content (AvgIpc) is 2.26. The number of nitrogens with zero attached hydrogens (tertiary/aromatic N) is 1. The number of aromatic nitrogens is 1. The number of nitrogens with two attached hydrogens (primary N) is 1. The first kappa shape index (κ1) is 15.4. The van der Waals surface area contributed by atoms with Crippen LogP contribution in [-0.2, 0) is 0 Å². The first-order chi connectivity index (χ1) is 8.91. The largest absolute Gasteiger partial charge is 0.493 e. The van der Waals surface area contributed by atoms with Gasteiger partial charge < -0.3 is 15.8 Å². The molecule has 0 fully saturated rings. The van der Waals surface area contributed by atoms with Gasteiger partial charge in [0.1, 0.15) is 11.3 Å². The Labute approximate surface area is 114 Å². The van der Waals surface area contributed by atoms with Crippen LogP contribution in [0.15, 0.2) is 6.07 Å². The van der Waals surface area contributed by atoms with Crippen molar-refractivity contribution in [2.45, 2.75) is 40.2 Å². The van der Waals surface area contributed by atoms with Crippen LogP contribution in [0.2, 0.25) is 0 Å². The van der Waals surface area contributed by atoms with E-state index in [1.165, 1.54) is 0 Å². The van der Waals surface area contributed by atoms with Gasteiger partial charge in [0.05, 0.1) is 12.3 Å². The van der Waals surface area contributed by atoms with Crippen LogP contribution < -0.4 is 15.8 Å². The molecule has 1 aromatic heterocycles. The maximum absolute atomic E-state index is 11.4. The van der Waals surface area contributed by atoms with Gasteiger partial charge in [-0.2, -0.15) is 0 Å². The summed E-state index contributed by atoms with van der Waals surface area (Å²) in [6, 6.07) is 2.22. The van der Waals surface area contributed by atoms with E-state index in [4.69, 9.17) is 10.5 Å². The van der Waals surface area contributed by atoms with Crippen LogP contribution in [0.3, 0.4) is 0 Å². The first-order valence-electron chi connectivity index (χ1n) is 6.56. The quantitative estimate of drug-likeness (QED) is 0.734. The summed E-state index contributed by atoms with van der Waals surface area (Å²) >= 11 is 0. The van der Waals surface area contributed by atoms with Gasteiger partial charge in [-0.25, -0.2) is 0 Å². The van der Waals surface area contributed by atoms with Crippen molar-refractivity contribution in [3.8, 4) is 5.75 Å². The number of aryl methyl sites for hydroxylation is 2. The Morgan fingerprint density at radius 3 is 2.74 bits per heavy atom. The Bertz CT molecular complexity index is 445. The fraction of sp³-hybridized carbons (Fsp3) is 0.571. The molecule has 0 unspecified atom stereocenters. The highest BCUT2D eigenvalue weighted by atomic mass is 16.5. The molecule has 0 saturated carbocycles. The molecule has 1 rings (SSSR count). The van der Waals surface area contributed by atoms with Gasteiger partial charge in [0.15, 0.2) is 0 Å². The Balaban J connectivity index is 2.64. The van der Waals surface area contributed by atoms with Crippen LogP contribution >= 0.6 is 0 Å². The monoisotopic (exact) mass is 265 g/mol. The molecule has 0 bridgehead atoms. The van der Waals surface area contributed by atoms with E-state index >= 15 is 0 Å². The van der Waals surface area contributed by atoms with Crippen LogP contribution in [0.5, 0.6) is 5.75 Å². The minimum atomic E-state index is -0.500. The van der Waals surface area contributed by atoms with E-state index in [9.17, 15) is 4.79 Å². The zero-order valence-electron chi connectivity index (χ0n) is 12.1. The van der Waals surface area contributed by atoms with Gasteiger partial charge in [0.2, 0.25) is 0 Å². The van der Waals surface area contributed by atoms with E-state index in [2.05, 4.69) is 24.1 Å². The summed E-state index contributed by atoms with van der Waals surface area (Å²) in [6.45, 7) is 9.25. The third-order valence-corrected chi connectivity index (χ3v) is 2.67. The smallest absolute Gasteiger partial charge is 0.254 e. The summed E-state index contributed by atoms with van der Waals surface area (Å²) in [7, 11) is 0. The number of nitrogens with one attached hydrogen (secondary N) is 1. The van der Waals surface area contributed by atoms with Gasteiger partial charge in [-0.3, -0.25) is 9.78 Å². The summed E-state index contributed by atoms with van der Waals surface area (Å²) < 4.78 is 5.66. The number of carbonyl (C=O) groups excluding carboxylic acids is 1. The number of primary amides is 1. The molecule has 19 heavy (non-hydrogen) atoms. The van der Waals surface area contributed by atoms with Crippen LogP contribution in [0.1, 0.15) is 42.0 Å². The van der Waals surface area contributed by atoms with Gasteiger partial charge in [-0.05, 0) is 26.8 Å². The summed E-state index contributed by atoms with van der Waals surface area (Å²) in [4.78, 5) is 15.7. The molecule has 0 saturated heterocycles. The molecular weight excluding hydrogens is 242 g/mol. The van der Waals surface area contributed by atoms with Gasteiger partial charge in [-0.15, -0.1) is 0 Å². The molecule has 0 aromatic carbocycles. The molecule has 1 amide bonds. The van der Waals surface area contributed by atoms with Crippen molar-refractivity contribution < 1.29 is 9.53 Å². The molecule has 5 heteroatoms. The summed E-state index contributed by atoms with van der Waals surface area (Å²) in [5, 5.41) is 3.31. The molecular formula is C14H23N3O2. The molecule has 5 nitrogen and oxygen atoms in total. The molecule has 0 spiro atoms. The zero-order chi connectivity index (χ0) is 14.4. The average molecular weight is 265 g/mol. The SMILES string of the molecule is Cc1cc(OCCCNC(C)C)c(C(N)=O)c(C)n1. The minimum Gasteiger partial charge on any atom is -0.493 e. The number of rotatable bonds is 7. The lowest BCUT2D eigenvalue weighted by Gasteiger charge is -2.13. The highest BCUT2D eigenvalue weighted by molar-refractivity contribution is 5.96. The molecule has 1 aromatic rings. The van der Waals surface area contributed by atoms with E-state index in [-0.39, 0.29) is 0 Å². The highest BCUT2D eigenvalue weighted by Crippen LogP contribution is 2.21. The number of hydrogen-bond acceptors (Lipinski definition) is 4. The van der Waals surface area contributed by atoms with Crippen molar-refractivity contribution in [3.63, 3.8) is 0 Å². The molecule has 0 atom stereocenters. The van der Waals surface area contributed by atoms with Crippen LogP contribution in [0, 0.1) is 13.8 Å². The fourth-order valence-corrected chi connectivity index (χ4v) is 1.85. The number of hydrogen-bond donors (Lipinski definition) is 2. The standard InChI is InChI=1S/C14H23N3O2/c1-9(2)16-6-5-7-19-12-8-10(3)17-11(4)13(12)14(15)18/h8-9,16H,5-7H2,1-4H3,(H2,15,18). The van der Waals surface area contributed by atoms with Crippen LogP contribution in [0.4, 0.5) is 0 Å². The van der Waals surface area contributed by atoms with Gasteiger partial charge in [0, 0.05) is 17.8 Å². The van der Waals surface area contributed by atoms with E-state index < -0.39 is 5.91 Å². The lowest BCUT2D eigenvalue weighted by atomic mass is 10.1. The van der Waals surface area contributed by atoms with Gasteiger partial charge in [0.25, 0.3) is 5.91 Å². The van der Waals surface area contributed by atoms with E-state index in [0.29, 0.717) is 29.7 Å². The zero-order valence-corrected chi connectivity index (χ0v) is 12.1. The molecule has 0 radical (unpaired) electrons. The summed E-state index contributed by atoms with van der Waals surface area (Å²) in [6.07, 6.45) is 0.872. The second-order valence-corrected chi connectivity index (χ2v) is 4.90. The molecule has 0 aliphatic heterocycles. The Kier molecular flexibility index (Phi) is 5.76. The maximum Gasteiger partial charge on any atom is 0.254 e. The first-order valence-corrected chi connectivity index (χ1v) is 6.56. The van der Waals surface area contributed by atoms with Crippen molar-refractivity contribution in [3.05, 3.63) is 23.0 Å². The predicted molar refractivity (Wildman–Crippen MR) is 75.5 cm³/mol. The van der Waals surface area contributed by atoms with Gasteiger partial charge >= 0.3 is 0 Å². The molecule has 3 N–H and O–H groups in total. The highest BCUT2D eigenvalue weighted by Gasteiger charge is 2.14. The molecule has 1 heterocycles. The fourth-order valence-electron chi connectivity index (χ4n) is 1.85. The minimum absolute atomic E-state index is 0.377. The third kappa shape index (κ3) is 4.87. The van der Waals surface area contributed by atoms with Crippen LogP contribution in [0.25, 0.3) is 0 Å². The van der Waals surface area contributed by atoms with Crippen molar-refractivity contribution in [1.82, 2.24) is 10.3 Å². The molecule has 0 aliphatic carbocycles. The number of ether oxygens (including phenoxy) is 1. The lowest BCUT2D eigenvalue weighted by molar-refractivity contribution is 0.0995. The predicted octanol–water partition coefficient (Wildman–Crippen LogP) is 1.56. The van der Waals surface area contributed by atoms with E-state index in [1.54, 1.807) is 13.0 Å². The van der Waals surface area contributed by atoms with Crippen molar-refractivity contribution in [1.29, 1.82) is 0 Å². The molecule has 0 aliphatic rings. The second kappa shape index (κ2) is 7.09. The van der Waals surface area contributed by atoms with Crippen molar-refractivity contribution in [2.24, 2.45) is 5.73 Å². The number of carbonyl (C=O) groups is 1. The van der Waals surface area contributed by atoms with Crippen LogP contribution in [-0.4, -0.2) is 30.1 Å². The van der Waals surface area contributed by atoms with Gasteiger partial charge in [-0.1, -0.05) is 13.8 Å². The Morgan fingerprint density at radius 2 is 2.16 bits per heavy atom.